The monoisotopic (exact) mass is 246 g/mol. The van der Waals surface area contributed by atoms with Gasteiger partial charge >= 0.3 is 0 Å². The summed E-state index contributed by atoms with van der Waals surface area (Å²) in [6.45, 7) is 2.20. The second-order valence-electron chi connectivity index (χ2n) is 3.65. The van der Waals surface area contributed by atoms with Crippen LogP contribution in [0.25, 0.3) is 0 Å². The third-order valence-corrected chi connectivity index (χ3v) is 4.90. The zero-order chi connectivity index (χ0) is 12.2. The van der Waals surface area contributed by atoms with Crippen molar-refractivity contribution in [3.8, 4) is 0 Å². The van der Waals surface area contributed by atoms with Crippen LogP contribution < -0.4 is 5.73 Å². The van der Waals surface area contributed by atoms with Gasteiger partial charge < -0.3 is 10.2 Å². The number of nitrogens with two attached hydrogens (primary N) is 1. The second-order valence-corrected chi connectivity index (χ2v) is 5.97. The predicted molar refractivity (Wildman–Crippen MR) is 62.2 cm³/mol. The molecule has 92 valence electrons. The molecule has 0 bridgehead atoms. The van der Waals surface area contributed by atoms with Gasteiger partial charge in [0.1, 0.15) is 5.76 Å². The van der Waals surface area contributed by atoms with Crippen molar-refractivity contribution in [2.45, 2.75) is 25.1 Å². The highest BCUT2D eigenvalue weighted by atomic mass is 32.2. The largest absolute Gasteiger partial charge is 0.468 e. The average molecular weight is 246 g/mol. The van der Waals surface area contributed by atoms with Gasteiger partial charge in [0.2, 0.25) is 10.0 Å². The Morgan fingerprint density at radius 1 is 1.56 bits per heavy atom. The number of rotatable bonds is 6. The van der Waals surface area contributed by atoms with Crippen molar-refractivity contribution in [2.75, 3.05) is 13.6 Å². The van der Waals surface area contributed by atoms with E-state index in [-0.39, 0.29) is 13.1 Å². The standard InChI is InChI=1S/C10H18N2O3S/c1-3-10(7-11)16(13,14)12(2)8-9-5-4-6-15-9/h4-6,10H,3,7-8,11H2,1-2H3. The molecule has 1 atom stereocenters. The van der Waals surface area contributed by atoms with E-state index in [1.54, 1.807) is 12.1 Å². The molecule has 1 unspecified atom stereocenters. The summed E-state index contributed by atoms with van der Waals surface area (Å²) in [6, 6.07) is 3.48. The fourth-order valence-electron chi connectivity index (χ4n) is 1.47. The lowest BCUT2D eigenvalue weighted by Crippen LogP contribution is -2.39. The van der Waals surface area contributed by atoms with Crippen LogP contribution >= 0.6 is 0 Å². The van der Waals surface area contributed by atoms with E-state index in [0.29, 0.717) is 12.2 Å². The van der Waals surface area contributed by atoms with E-state index in [0.717, 1.165) is 0 Å². The van der Waals surface area contributed by atoms with Crippen molar-refractivity contribution in [3.05, 3.63) is 24.2 Å². The molecular weight excluding hydrogens is 228 g/mol. The molecule has 0 saturated heterocycles. The first-order valence-electron chi connectivity index (χ1n) is 5.20. The van der Waals surface area contributed by atoms with Crippen molar-refractivity contribution >= 4 is 10.0 Å². The Morgan fingerprint density at radius 3 is 2.69 bits per heavy atom. The Bertz CT molecular complexity index is 396. The molecule has 0 aliphatic rings. The fraction of sp³-hybridized carbons (Fsp3) is 0.600. The van der Waals surface area contributed by atoms with E-state index < -0.39 is 15.3 Å². The molecule has 5 nitrogen and oxygen atoms in total. The van der Waals surface area contributed by atoms with Crippen LogP contribution in [-0.2, 0) is 16.6 Å². The Hall–Kier alpha value is -0.850. The van der Waals surface area contributed by atoms with Gasteiger partial charge in [0.25, 0.3) is 0 Å². The summed E-state index contributed by atoms with van der Waals surface area (Å²) in [4.78, 5) is 0. The van der Waals surface area contributed by atoms with Crippen LogP contribution in [0.5, 0.6) is 0 Å². The van der Waals surface area contributed by atoms with Crippen LogP contribution in [0.4, 0.5) is 0 Å². The van der Waals surface area contributed by atoms with Gasteiger partial charge in [-0.05, 0) is 18.6 Å². The maximum Gasteiger partial charge on any atom is 0.218 e. The molecule has 0 saturated carbocycles. The normalized spacial score (nSPS) is 14.2. The van der Waals surface area contributed by atoms with Crippen molar-refractivity contribution in [2.24, 2.45) is 5.73 Å². The van der Waals surface area contributed by atoms with Gasteiger partial charge in [0.15, 0.2) is 0 Å². The number of sulfonamides is 1. The Morgan fingerprint density at radius 2 is 2.25 bits per heavy atom. The van der Waals surface area contributed by atoms with E-state index in [1.165, 1.54) is 17.6 Å². The average Bonchev–Trinajstić information content (AvgIpc) is 2.71. The molecule has 0 amide bonds. The molecule has 0 aliphatic carbocycles. The molecule has 2 N–H and O–H groups in total. The molecule has 0 spiro atoms. The van der Waals surface area contributed by atoms with Crippen LogP contribution in [0.2, 0.25) is 0 Å². The van der Waals surface area contributed by atoms with E-state index in [2.05, 4.69) is 0 Å². The van der Waals surface area contributed by atoms with Gasteiger partial charge in [-0.3, -0.25) is 0 Å². The van der Waals surface area contributed by atoms with E-state index >= 15 is 0 Å². The lowest BCUT2D eigenvalue weighted by molar-refractivity contribution is 0.400. The van der Waals surface area contributed by atoms with Crippen molar-refractivity contribution in [1.82, 2.24) is 4.31 Å². The topological polar surface area (TPSA) is 76.5 Å². The van der Waals surface area contributed by atoms with Crippen molar-refractivity contribution < 1.29 is 12.8 Å². The third kappa shape index (κ3) is 2.84. The quantitative estimate of drug-likeness (QED) is 0.804. The zero-order valence-electron chi connectivity index (χ0n) is 9.59. The molecule has 6 heteroatoms. The molecule has 16 heavy (non-hydrogen) atoms. The Kier molecular flexibility index (Phi) is 4.52. The summed E-state index contributed by atoms with van der Waals surface area (Å²) < 4.78 is 30.4. The number of hydrogen-bond acceptors (Lipinski definition) is 4. The highest BCUT2D eigenvalue weighted by molar-refractivity contribution is 7.89. The zero-order valence-corrected chi connectivity index (χ0v) is 10.4. The third-order valence-electron chi connectivity index (χ3n) is 2.53. The summed E-state index contributed by atoms with van der Waals surface area (Å²) in [5, 5.41) is -0.521. The number of hydrogen-bond donors (Lipinski definition) is 1. The molecule has 1 heterocycles. The van der Waals surface area contributed by atoms with Crippen molar-refractivity contribution in [3.63, 3.8) is 0 Å². The van der Waals surface area contributed by atoms with Crippen LogP contribution in [0.15, 0.2) is 22.8 Å². The van der Waals surface area contributed by atoms with Crippen LogP contribution in [-0.4, -0.2) is 31.6 Å². The summed E-state index contributed by atoms with van der Waals surface area (Å²) >= 11 is 0. The summed E-state index contributed by atoms with van der Waals surface area (Å²) in [5.41, 5.74) is 5.45. The van der Waals surface area contributed by atoms with E-state index in [9.17, 15) is 8.42 Å². The van der Waals surface area contributed by atoms with Gasteiger partial charge in [0, 0.05) is 13.6 Å². The van der Waals surface area contributed by atoms with E-state index in [4.69, 9.17) is 10.2 Å². The lowest BCUT2D eigenvalue weighted by Gasteiger charge is -2.21. The first-order chi connectivity index (χ1) is 7.52. The molecule has 1 aromatic heterocycles. The highest BCUT2D eigenvalue weighted by Crippen LogP contribution is 2.13. The molecular formula is C10H18N2O3S. The SMILES string of the molecule is CCC(CN)S(=O)(=O)N(C)Cc1ccco1. The summed E-state index contributed by atoms with van der Waals surface area (Å²) in [7, 11) is -1.79. The Balaban J connectivity index is 2.76. The van der Waals surface area contributed by atoms with Gasteiger partial charge in [-0.1, -0.05) is 6.92 Å². The highest BCUT2D eigenvalue weighted by Gasteiger charge is 2.27. The summed E-state index contributed by atoms with van der Waals surface area (Å²) in [5.74, 6) is 0.623. The molecule has 0 radical (unpaired) electrons. The fourth-order valence-corrected chi connectivity index (χ4v) is 2.95. The first kappa shape index (κ1) is 13.2. The molecule has 1 rings (SSSR count). The molecule has 0 fully saturated rings. The van der Waals surface area contributed by atoms with Gasteiger partial charge in [0.05, 0.1) is 18.1 Å². The van der Waals surface area contributed by atoms with Crippen LogP contribution in [0, 0.1) is 0 Å². The molecule has 0 aliphatic heterocycles. The summed E-state index contributed by atoms with van der Waals surface area (Å²) in [6.07, 6.45) is 2.04. The van der Waals surface area contributed by atoms with Crippen molar-refractivity contribution in [1.29, 1.82) is 0 Å². The minimum atomic E-state index is -3.33. The molecule has 0 aromatic carbocycles. The van der Waals surface area contributed by atoms with Crippen LogP contribution in [0.1, 0.15) is 19.1 Å². The van der Waals surface area contributed by atoms with Gasteiger partial charge in [-0.2, -0.15) is 4.31 Å². The lowest BCUT2D eigenvalue weighted by atomic mass is 10.3. The smallest absolute Gasteiger partial charge is 0.218 e. The second kappa shape index (κ2) is 5.47. The number of furan rings is 1. The minimum absolute atomic E-state index is 0.140. The van der Waals surface area contributed by atoms with E-state index in [1.807, 2.05) is 6.92 Å². The predicted octanol–water partition coefficient (Wildman–Crippen LogP) is 0.779. The van der Waals surface area contributed by atoms with Gasteiger partial charge in [-0.25, -0.2) is 8.42 Å². The maximum absolute atomic E-state index is 12.0. The van der Waals surface area contributed by atoms with Crippen LogP contribution in [0.3, 0.4) is 0 Å². The van der Waals surface area contributed by atoms with Gasteiger partial charge in [-0.15, -0.1) is 0 Å². The first-order valence-corrected chi connectivity index (χ1v) is 6.70. The Labute approximate surface area is 96.3 Å². The number of nitrogens with zero attached hydrogens (tertiary/aromatic N) is 1. The maximum atomic E-state index is 12.0. The minimum Gasteiger partial charge on any atom is -0.468 e. The molecule has 1 aromatic rings.